The van der Waals surface area contributed by atoms with Gasteiger partial charge in [0.05, 0.1) is 30.5 Å². The Morgan fingerprint density at radius 1 is 1.42 bits per heavy atom. The first kappa shape index (κ1) is 17.3. The molecule has 0 radical (unpaired) electrons. The van der Waals surface area contributed by atoms with E-state index in [1.807, 2.05) is 6.07 Å². The van der Waals surface area contributed by atoms with E-state index >= 15 is 0 Å². The highest BCUT2D eigenvalue weighted by atomic mass is 16.5. The quantitative estimate of drug-likeness (QED) is 0.915. The largest absolute Gasteiger partial charge is 0.373 e. The molecule has 1 atom stereocenters. The zero-order valence-corrected chi connectivity index (χ0v) is 15.0. The van der Waals surface area contributed by atoms with Crippen molar-refractivity contribution in [1.29, 1.82) is 0 Å². The molecule has 1 aromatic rings. The SMILES string of the molecule is CC(C)c1cc(CN(C)C(=O)NC2COC3(CCCCC3)C2)on1. The summed E-state index contributed by atoms with van der Waals surface area (Å²) in [6.07, 6.45) is 6.98. The van der Waals surface area contributed by atoms with Crippen molar-refractivity contribution in [3.8, 4) is 0 Å². The lowest BCUT2D eigenvalue weighted by atomic mass is 9.82. The van der Waals surface area contributed by atoms with E-state index in [0.29, 0.717) is 24.8 Å². The van der Waals surface area contributed by atoms with Gasteiger partial charge < -0.3 is 19.5 Å². The molecule has 1 aliphatic heterocycles. The Morgan fingerprint density at radius 3 is 2.83 bits per heavy atom. The normalized spacial score (nSPS) is 22.9. The Hall–Kier alpha value is -1.56. The Bertz CT molecular complexity index is 564. The van der Waals surface area contributed by atoms with Gasteiger partial charge >= 0.3 is 6.03 Å². The lowest BCUT2D eigenvalue weighted by Gasteiger charge is -2.32. The highest BCUT2D eigenvalue weighted by Crippen LogP contribution is 2.39. The van der Waals surface area contributed by atoms with Gasteiger partial charge in [0.25, 0.3) is 0 Å². The zero-order chi connectivity index (χ0) is 17.2. The van der Waals surface area contributed by atoms with Gasteiger partial charge in [-0.1, -0.05) is 38.3 Å². The van der Waals surface area contributed by atoms with Crippen LogP contribution in [-0.2, 0) is 11.3 Å². The number of hydrogen-bond acceptors (Lipinski definition) is 4. The Labute approximate surface area is 143 Å². The van der Waals surface area contributed by atoms with Crippen molar-refractivity contribution in [2.75, 3.05) is 13.7 Å². The van der Waals surface area contributed by atoms with Gasteiger partial charge in [-0.05, 0) is 25.2 Å². The second kappa shape index (κ2) is 7.13. The lowest BCUT2D eigenvalue weighted by Crippen LogP contribution is -2.43. The molecule has 0 bridgehead atoms. The molecule has 6 heteroatoms. The first-order valence-corrected chi connectivity index (χ1v) is 9.08. The number of rotatable bonds is 4. The maximum absolute atomic E-state index is 12.4. The maximum Gasteiger partial charge on any atom is 0.317 e. The molecule has 2 aliphatic rings. The average molecular weight is 335 g/mol. The predicted octanol–water partition coefficient (Wildman–Crippen LogP) is 3.43. The van der Waals surface area contributed by atoms with Crippen LogP contribution in [0.5, 0.6) is 0 Å². The van der Waals surface area contributed by atoms with Crippen LogP contribution in [-0.4, -0.2) is 41.4 Å². The van der Waals surface area contributed by atoms with E-state index < -0.39 is 0 Å². The molecule has 134 valence electrons. The van der Waals surface area contributed by atoms with Gasteiger partial charge in [-0.25, -0.2) is 4.79 Å². The second-order valence-corrected chi connectivity index (χ2v) is 7.63. The third kappa shape index (κ3) is 3.91. The molecule has 1 aromatic heterocycles. The van der Waals surface area contributed by atoms with Crippen LogP contribution in [0, 0.1) is 0 Å². The molecule has 0 aromatic carbocycles. The molecule has 6 nitrogen and oxygen atoms in total. The number of nitrogens with one attached hydrogen (secondary N) is 1. The van der Waals surface area contributed by atoms with E-state index in [2.05, 4.69) is 24.3 Å². The topological polar surface area (TPSA) is 67.6 Å². The summed E-state index contributed by atoms with van der Waals surface area (Å²) >= 11 is 0. The summed E-state index contributed by atoms with van der Waals surface area (Å²) < 4.78 is 11.4. The van der Waals surface area contributed by atoms with Gasteiger partial charge in [0.1, 0.15) is 0 Å². The monoisotopic (exact) mass is 335 g/mol. The molecular formula is C18H29N3O3. The van der Waals surface area contributed by atoms with Crippen molar-refractivity contribution in [2.45, 2.75) is 76.5 Å². The van der Waals surface area contributed by atoms with Gasteiger partial charge in [-0.15, -0.1) is 0 Å². The number of carbonyl (C=O) groups excluding carboxylic acids is 1. The molecule has 1 spiro atoms. The van der Waals surface area contributed by atoms with Crippen LogP contribution < -0.4 is 5.32 Å². The number of urea groups is 1. The fourth-order valence-electron chi connectivity index (χ4n) is 3.75. The van der Waals surface area contributed by atoms with Gasteiger partial charge in [-0.2, -0.15) is 0 Å². The lowest BCUT2D eigenvalue weighted by molar-refractivity contribution is -0.0246. The van der Waals surface area contributed by atoms with E-state index in [4.69, 9.17) is 9.26 Å². The number of nitrogens with zero attached hydrogens (tertiary/aromatic N) is 2. The molecular weight excluding hydrogens is 306 g/mol. The predicted molar refractivity (Wildman–Crippen MR) is 90.8 cm³/mol. The van der Waals surface area contributed by atoms with E-state index in [-0.39, 0.29) is 17.7 Å². The molecule has 1 unspecified atom stereocenters. The number of ether oxygens (including phenoxy) is 1. The standard InChI is InChI=1S/C18H29N3O3/c1-13(2)16-9-15(24-20-16)11-21(3)17(22)19-14-10-18(23-12-14)7-5-4-6-8-18/h9,13-14H,4-8,10-12H2,1-3H3,(H,19,22). The van der Waals surface area contributed by atoms with Crippen LogP contribution in [0.25, 0.3) is 0 Å². The van der Waals surface area contributed by atoms with Crippen LogP contribution in [0.2, 0.25) is 0 Å². The minimum atomic E-state index is -0.0843. The van der Waals surface area contributed by atoms with Crippen LogP contribution in [0.4, 0.5) is 4.79 Å². The fraction of sp³-hybridized carbons (Fsp3) is 0.778. The van der Waals surface area contributed by atoms with Crippen LogP contribution in [0.3, 0.4) is 0 Å². The summed E-state index contributed by atoms with van der Waals surface area (Å²) in [5, 5.41) is 7.13. The van der Waals surface area contributed by atoms with Crippen LogP contribution in [0.1, 0.15) is 69.7 Å². The molecule has 1 saturated heterocycles. The summed E-state index contributed by atoms with van der Waals surface area (Å²) in [5.74, 6) is 1.03. The number of aromatic nitrogens is 1. The van der Waals surface area contributed by atoms with Gasteiger partial charge in [0.15, 0.2) is 5.76 Å². The van der Waals surface area contributed by atoms with E-state index in [1.54, 1.807) is 11.9 Å². The van der Waals surface area contributed by atoms with Crippen LogP contribution >= 0.6 is 0 Å². The smallest absolute Gasteiger partial charge is 0.317 e. The van der Waals surface area contributed by atoms with E-state index in [9.17, 15) is 4.79 Å². The van der Waals surface area contributed by atoms with Crippen molar-refractivity contribution in [3.05, 3.63) is 17.5 Å². The maximum atomic E-state index is 12.4. The van der Waals surface area contributed by atoms with E-state index in [1.165, 1.54) is 19.3 Å². The molecule has 2 fully saturated rings. The second-order valence-electron chi connectivity index (χ2n) is 7.63. The van der Waals surface area contributed by atoms with Gasteiger partial charge in [0.2, 0.25) is 0 Å². The first-order chi connectivity index (χ1) is 11.5. The van der Waals surface area contributed by atoms with E-state index in [0.717, 1.165) is 25.0 Å². The molecule has 1 N–H and O–H groups in total. The zero-order valence-electron chi connectivity index (χ0n) is 15.0. The number of hydrogen-bond donors (Lipinski definition) is 1. The minimum Gasteiger partial charge on any atom is -0.373 e. The number of carbonyl (C=O) groups is 1. The first-order valence-electron chi connectivity index (χ1n) is 9.08. The van der Waals surface area contributed by atoms with Crippen LogP contribution in [0.15, 0.2) is 10.6 Å². The highest BCUT2D eigenvalue weighted by Gasteiger charge is 2.41. The fourth-order valence-corrected chi connectivity index (χ4v) is 3.75. The molecule has 1 saturated carbocycles. The summed E-state index contributed by atoms with van der Waals surface area (Å²) in [7, 11) is 1.78. The van der Waals surface area contributed by atoms with Crippen molar-refractivity contribution in [3.63, 3.8) is 0 Å². The van der Waals surface area contributed by atoms with Crippen molar-refractivity contribution < 1.29 is 14.1 Å². The molecule has 2 heterocycles. The Kier molecular flexibility index (Phi) is 5.13. The third-order valence-electron chi connectivity index (χ3n) is 5.21. The average Bonchev–Trinajstić information content (AvgIpc) is 3.16. The summed E-state index contributed by atoms with van der Waals surface area (Å²) in [5.41, 5.74) is 0.938. The number of amides is 2. The summed E-state index contributed by atoms with van der Waals surface area (Å²) in [4.78, 5) is 14.0. The van der Waals surface area contributed by atoms with Crippen molar-refractivity contribution in [2.24, 2.45) is 0 Å². The minimum absolute atomic E-state index is 0.0197. The van der Waals surface area contributed by atoms with Crippen molar-refractivity contribution >= 4 is 6.03 Å². The molecule has 2 amide bonds. The summed E-state index contributed by atoms with van der Waals surface area (Å²) in [6.45, 7) is 5.18. The van der Waals surface area contributed by atoms with Gasteiger partial charge in [0, 0.05) is 13.1 Å². The summed E-state index contributed by atoms with van der Waals surface area (Å²) in [6, 6.07) is 1.95. The molecule has 24 heavy (non-hydrogen) atoms. The third-order valence-corrected chi connectivity index (χ3v) is 5.21. The molecule has 3 rings (SSSR count). The molecule has 1 aliphatic carbocycles. The van der Waals surface area contributed by atoms with Gasteiger partial charge in [-0.3, -0.25) is 0 Å². The Balaban J connectivity index is 1.49. The Morgan fingerprint density at radius 2 is 2.17 bits per heavy atom. The van der Waals surface area contributed by atoms with Crippen molar-refractivity contribution in [1.82, 2.24) is 15.4 Å². The highest BCUT2D eigenvalue weighted by molar-refractivity contribution is 5.74.